The van der Waals surface area contributed by atoms with Gasteiger partial charge in [0.15, 0.2) is 5.58 Å². The highest BCUT2D eigenvalue weighted by Gasteiger charge is 2.25. The molecule has 0 spiro atoms. The normalized spacial score (nSPS) is 17.3. The van der Waals surface area contributed by atoms with Crippen LogP contribution in [0.5, 0.6) is 0 Å². The Labute approximate surface area is 123 Å². The third-order valence-corrected chi connectivity index (χ3v) is 3.78. The molecule has 6 heteroatoms. The van der Waals surface area contributed by atoms with E-state index in [2.05, 4.69) is 9.88 Å². The maximum Gasteiger partial charge on any atom is 0.298 e. The minimum absolute atomic E-state index is 0.00263. The highest BCUT2D eigenvalue weighted by atomic mass is 16.4. The molecule has 0 aliphatic carbocycles. The topological polar surface area (TPSA) is 75.6 Å². The van der Waals surface area contributed by atoms with E-state index in [1.807, 2.05) is 25.1 Å². The second-order valence-electron chi connectivity index (χ2n) is 5.57. The second-order valence-corrected chi connectivity index (χ2v) is 5.57. The number of nitrogens with zero attached hydrogens (tertiary/aromatic N) is 3. The summed E-state index contributed by atoms with van der Waals surface area (Å²) >= 11 is 0. The predicted molar refractivity (Wildman–Crippen MR) is 81.2 cm³/mol. The maximum atomic E-state index is 11.9. The van der Waals surface area contributed by atoms with E-state index in [-0.39, 0.29) is 5.91 Å². The number of carbonyl (C=O) groups is 1. The number of hydrogen-bond donors (Lipinski definition) is 1. The number of rotatable bonds is 2. The summed E-state index contributed by atoms with van der Waals surface area (Å²) in [5.74, 6) is 0.00263. The van der Waals surface area contributed by atoms with Crippen LogP contribution in [0.25, 0.3) is 11.1 Å². The first kappa shape index (κ1) is 13.9. The number of aryl methyl sites for hydroxylation is 1. The Kier molecular flexibility index (Phi) is 3.55. The lowest BCUT2D eigenvalue weighted by Crippen LogP contribution is -2.52. The first-order valence-electron chi connectivity index (χ1n) is 7.21. The Hall–Kier alpha value is -2.08. The average molecular weight is 288 g/mol. The van der Waals surface area contributed by atoms with Crippen LogP contribution in [0.4, 0.5) is 6.01 Å². The lowest BCUT2D eigenvalue weighted by molar-refractivity contribution is -0.132. The van der Waals surface area contributed by atoms with E-state index in [9.17, 15) is 4.79 Å². The van der Waals surface area contributed by atoms with Gasteiger partial charge in [-0.15, -0.1) is 0 Å². The molecule has 1 atom stereocenters. The molecule has 0 bridgehead atoms. The van der Waals surface area contributed by atoms with Gasteiger partial charge >= 0.3 is 0 Å². The van der Waals surface area contributed by atoms with Crippen molar-refractivity contribution in [3.8, 4) is 0 Å². The van der Waals surface area contributed by atoms with Crippen LogP contribution >= 0.6 is 0 Å². The molecule has 1 aliphatic heterocycles. The summed E-state index contributed by atoms with van der Waals surface area (Å²) in [6.07, 6.45) is 0. The molecule has 1 saturated heterocycles. The van der Waals surface area contributed by atoms with Gasteiger partial charge in [-0.25, -0.2) is 0 Å². The quantitative estimate of drug-likeness (QED) is 0.896. The molecule has 2 heterocycles. The van der Waals surface area contributed by atoms with Gasteiger partial charge in [0.05, 0.1) is 6.04 Å². The van der Waals surface area contributed by atoms with Gasteiger partial charge in [0, 0.05) is 26.2 Å². The van der Waals surface area contributed by atoms with Gasteiger partial charge < -0.3 is 20.0 Å². The largest absolute Gasteiger partial charge is 0.423 e. The molecule has 6 nitrogen and oxygen atoms in total. The maximum absolute atomic E-state index is 11.9. The number of aromatic nitrogens is 1. The Morgan fingerprint density at radius 3 is 2.71 bits per heavy atom. The number of hydrogen-bond acceptors (Lipinski definition) is 5. The number of oxazole rings is 1. The summed E-state index contributed by atoms with van der Waals surface area (Å²) in [6.45, 7) is 6.48. The van der Waals surface area contributed by atoms with E-state index < -0.39 is 6.04 Å². The molecule has 1 fully saturated rings. The molecule has 0 saturated carbocycles. The van der Waals surface area contributed by atoms with Crippen molar-refractivity contribution in [3.63, 3.8) is 0 Å². The zero-order valence-electron chi connectivity index (χ0n) is 12.4. The van der Waals surface area contributed by atoms with E-state index in [0.29, 0.717) is 32.2 Å². The minimum Gasteiger partial charge on any atom is -0.423 e. The van der Waals surface area contributed by atoms with Crippen LogP contribution in [0.15, 0.2) is 22.6 Å². The van der Waals surface area contributed by atoms with Crippen LogP contribution in [0, 0.1) is 6.92 Å². The fraction of sp³-hybridized carbons (Fsp3) is 0.467. The first-order chi connectivity index (χ1) is 10.0. The molecule has 1 aliphatic rings. The summed E-state index contributed by atoms with van der Waals surface area (Å²) in [6, 6.07) is 6.15. The minimum atomic E-state index is -0.441. The van der Waals surface area contributed by atoms with Crippen LogP contribution in [0.2, 0.25) is 0 Å². The Morgan fingerprint density at radius 2 is 2.05 bits per heavy atom. The number of piperazine rings is 1. The van der Waals surface area contributed by atoms with Crippen LogP contribution in [-0.4, -0.2) is 48.0 Å². The number of amides is 1. The zero-order chi connectivity index (χ0) is 15.0. The highest BCUT2D eigenvalue weighted by molar-refractivity contribution is 5.81. The fourth-order valence-corrected chi connectivity index (χ4v) is 2.57. The van der Waals surface area contributed by atoms with Crippen molar-refractivity contribution in [2.45, 2.75) is 19.9 Å². The summed E-state index contributed by atoms with van der Waals surface area (Å²) in [4.78, 5) is 20.3. The average Bonchev–Trinajstić information content (AvgIpc) is 2.89. The number of anilines is 1. The van der Waals surface area contributed by atoms with Crippen molar-refractivity contribution >= 4 is 23.0 Å². The predicted octanol–water partition coefficient (Wildman–Crippen LogP) is 1.13. The van der Waals surface area contributed by atoms with Gasteiger partial charge in [-0.3, -0.25) is 4.79 Å². The van der Waals surface area contributed by atoms with Crippen molar-refractivity contribution in [2.75, 3.05) is 31.1 Å². The number of benzene rings is 1. The third kappa shape index (κ3) is 2.71. The first-order valence-corrected chi connectivity index (χ1v) is 7.21. The van der Waals surface area contributed by atoms with Gasteiger partial charge in [-0.05, 0) is 31.5 Å². The van der Waals surface area contributed by atoms with Gasteiger partial charge in [0.1, 0.15) is 5.52 Å². The zero-order valence-corrected chi connectivity index (χ0v) is 12.4. The summed E-state index contributed by atoms with van der Waals surface area (Å²) < 4.78 is 5.79. The van der Waals surface area contributed by atoms with E-state index in [1.54, 1.807) is 11.8 Å². The lowest BCUT2D eigenvalue weighted by atomic mass is 10.2. The van der Waals surface area contributed by atoms with E-state index in [4.69, 9.17) is 10.2 Å². The number of fused-ring (bicyclic) bond motifs is 1. The third-order valence-electron chi connectivity index (χ3n) is 3.78. The Bertz CT molecular complexity index is 657. The monoisotopic (exact) mass is 288 g/mol. The van der Waals surface area contributed by atoms with E-state index in [1.165, 1.54) is 0 Å². The van der Waals surface area contributed by atoms with Crippen LogP contribution in [-0.2, 0) is 4.79 Å². The molecule has 0 unspecified atom stereocenters. The van der Waals surface area contributed by atoms with Crippen LogP contribution in [0.3, 0.4) is 0 Å². The number of carbonyl (C=O) groups excluding carboxylic acids is 1. The molecule has 1 aromatic carbocycles. The molecule has 1 amide bonds. The SMILES string of the molecule is Cc1ccc2oc(N3CCN(C(=O)[C@@H](C)N)CC3)nc2c1. The Balaban J connectivity index is 1.72. The second kappa shape index (κ2) is 5.37. The molecule has 3 rings (SSSR count). The van der Waals surface area contributed by atoms with Gasteiger partial charge in [0.2, 0.25) is 5.91 Å². The Morgan fingerprint density at radius 1 is 1.33 bits per heavy atom. The van der Waals surface area contributed by atoms with E-state index >= 15 is 0 Å². The van der Waals surface area contributed by atoms with Crippen molar-refractivity contribution < 1.29 is 9.21 Å². The van der Waals surface area contributed by atoms with Crippen molar-refractivity contribution in [1.82, 2.24) is 9.88 Å². The summed E-state index contributed by atoms with van der Waals surface area (Å²) in [5.41, 5.74) is 8.47. The van der Waals surface area contributed by atoms with E-state index in [0.717, 1.165) is 16.7 Å². The highest BCUT2D eigenvalue weighted by Crippen LogP contribution is 2.23. The summed E-state index contributed by atoms with van der Waals surface area (Å²) in [5, 5.41) is 0. The molecule has 1 aromatic heterocycles. The summed E-state index contributed by atoms with van der Waals surface area (Å²) in [7, 11) is 0. The van der Waals surface area contributed by atoms with Gasteiger partial charge in [-0.2, -0.15) is 4.98 Å². The number of nitrogens with two attached hydrogens (primary N) is 1. The van der Waals surface area contributed by atoms with Crippen molar-refractivity contribution in [2.24, 2.45) is 5.73 Å². The van der Waals surface area contributed by atoms with Crippen LogP contribution < -0.4 is 10.6 Å². The van der Waals surface area contributed by atoms with Gasteiger partial charge in [-0.1, -0.05) is 6.07 Å². The molecule has 112 valence electrons. The van der Waals surface area contributed by atoms with Crippen LogP contribution in [0.1, 0.15) is 12.5 Å². The lowest BCUT2D eigenvalue weighted by Gasteiger charge is -2.34. The molecular weight excluding hydrogens is 268 g/mol. The molecular formula is C15H20N4O2. The molecule has 0 radical (unpaired) electrons. The molecule has 2 N–H and O–H groups in total. The fourth-order valence-electron chi connectivity index (χ4n) is 2.57. The van der Waals surface area contributed by atoms with Gasteiger partial charge in [0.25, 0.3) is 6.01 Å². The standard InChI is InChI=1S/C15H20N4O2/c1-10-3-4-13-12(9-10)17-15(21-13)19-7-5-18(6-8-19)14(20)11(2)16/h3-4,9,11H,5-8,16H2,1-2H3/t11-/m1/s1. The smallest absolute Gasteiger partial charge is 0.298 e. The molecule has 2 aromatic rings. The molecule has 21 heavy (non-hydrogen) atoms. The van der Waals surface area contributed by atoms with Crippen molar-refractivity contribution in [3.05, 3.63) is 23.8 Å². The van der Waals surface area contributed by atoms with Crippen molar-refractivity contribution in [1.29, 1.82) is 0 Å².